The van der Waals surface area contributed by atoms with Gasteiger partial charge in [0.25, 0.3) is 5.91 Å². The molecule has 1 aromatic heterocycles. The van der Waals surface area contributed by atoms with Crippen LogP contribution in [0.15, 0.2) is 64.0 Å². The smallest absolute Gasteiger partial charge is 0.268 e. The van der Waals surface area contributed by atoms with Crippen molar-refractivity contribution in [2.75, 3.05) is 11.9 Å². The van der Waals surface area contributed by atoms with Crippen molar-refractivity contribution in [2.45, 2.75) is 5.60 Å². The fourth-order valence-electron chi connectivity index (χ4n) is 3.13. The Bertz CT molecular complexity index is 1010. The molecule has 0 fully saturated rings. The summed E-state index contributed by atoms with van der Waals surface area (Å²) in [7, 11) is 1.57. The van der Waals surface area contributed by atoms with Crippen molar-refractivity contribution in [1.29, 1.82) is 0 Å². The summed E-state index contributed by atoms with van der Waals surface area (Å²) < 4.78 is 5.47. The molecule has 1 atom stereocenters. The minimum atomic E-state index is -2.03. The topological polar surface area (TPSA) is 70.8 Å². The number of nitrogens with zero attached hydrogens (tertiary/aromatic N) is 1. The number of carbonyl (C=O) groups is 1. The van der Waals surface area contributed by atoms with Crippen LogP contribution in [0.5, 0.6) is 0 Å². The number of carbonyl (C=O) groups excluding carboxylic acids is 1. The highest BCUT2D eigenvalue weighted by Gasteiger charge is 2.51. The molecular weight excluding hydrogens is 294 g/mol. The van der Waals surface area contributed by atoms with Crippen LogP contribution in [0.1, 0.15) is 11.1 Å². The van der Waals surface area contributed by atoms with E-state index in [0.29, 0.717) is 22.2 Å². The average Bonchev–Trinajstić information content (AvgIpc) is 2.78. The first kappa shape index (κ1) is 13.7. The molecule has 0 saturated heterocycles. The van der Waals surface area contributed by atoms with E-state index in [9.17, 15) is 14.7 Å². The Morgan fingerprint density at radius 2 is 1.70 bits per heavy atom. The number of anilines is 1. The van der Waals surface area contributed by atoms with Crippen LogP contribution < -0.4 is 10.3 Å². The monoisotopic (exact) mass is 307 g/mol. The number of hydrogen-bond donors (Lipinski definition) is 1. The number of likely N-dealkylation sites (N-methyl/N-ethyl adjacent to an activating group) is 1. The molecule has 3 aromatic rings. The maximum atomic E-state index is 12.8. The first-order valence-electron chi connectivity index (χ1n) is 7.16. The van der Waals surface area contributed by atoms with Crippen LogP contribution in [0.25, 0.3) is 11.0 Å². The van der Waals surface area contributed by atoms with E-state index in [1.54, 1.807) is 55.6 Å². The first-order valence-corrected chi connectivity index (χ1v) is 7.16. The molecule has 4 rings (SSSR count). The molecule has 23 heavy (non-hydrogen) atoms. The molecule has 1 aliphatic heterocycles. The zero-order valence-corrected chi connectivity index (χ0v) is 12.3. The Morgan fingerprint density at radius 1 is 1.00 bits per heavy atom. The number of hydrogen-bond acceptors (Lipinski definition) is 4. The van der Waals surface area contributed by atoms with Crippen LogP contribution >= 0.6 is 0 Å². The molecule has 0 aliphatic carbocycles. The van der Waals surface area contributed by atoms with Gasteiger partial charge in [0.05, 0.1) is 16.6 Å². The Labute approximate surface area is 131 Å². The summed E-state index contributed by atoms with van der Waals surface area (Å²) in [5, 5.41) is 11.5. The lowest BCUT2D eigenvalue weighted by molar-refractivity contribution is -0.132. The number of amides is 1. The van der Waals surface area contributed by atoms with E-state index in [1.165, 1.54) is 11.2 Å². The van der Waals surface area contributed by atoms with Gasteiger partial charge in [-0.2, -0.15) is 0 Å². The molecule has 0 saturated carbocycles. The van der Waals surface area contributed by atoms with Crippen molar-refractivity contribution >= 4 is 22.6 Å². The molecule has 1 amide bonds. The van der Waals surface area contributed by atoms with Gasteiger partial charge in [-0.05, 0) is 18.2 Å². The summed E-state index contributed by atoms with van der Waals surface area (Å²) in [5.74, 6) is -0.568. The number of rotatable bonds is 1. The van der Waals surface area contributed by atoms with Crippen molar-refractivity contribution in [3.8, 4) is 0 Å². The summed E-state index contributed by atoms with van der Waals surface area (Å²) in [6.07, 6.45) is 1.18. The second-order valence-electron chi connectivity index (χ2n) is 5.57. The summed E-state index contributed by atoms with van der Waals surface area (Å²) in [6, 6.07) is 13.6. The second kappa shape index (κ2) is 4.54. The van der Waals surface area contributed by atoms with Gasteiger partial charge in [0.2, 0.25) is 5.60 Å². The largest absolute Gasteiger partial charge is 0.464 e. The highest BCUT2D eigenvalue weighted by atomic mass is 16.3. The zero-order chi connectivity index (χ0) is 16.2. The molecule has 2 aromatic carbocycles. The third-order valence-corrected chi connectivity index (χ3v) is 4.34. The van der Waals surface area contributed by atoms with Gasteiger partial charge < -0.3 is 14.4 Å². The quantitative estimate of drug-likeness (QED) is 0.746. The van der Waals surface area contributed by atoms with Crippen LogP contribution in [0.2, 0.25) is 0 Å². The van der Waals surface area contributed by atoms with Crippen molar-refractivity contribution < 1.29 is 14.3 Å². The fourth-order valence-corrected chi connectivity index (χ4v) is 3.13. The zero-order valence-electron chi connectivity index (χ0n) is 12.3. The van der Waals surface area contributed by atoms with Gasteiger partial charge >= 0.3 is 0 Å². The first-order chi connectivity index (χ1) is 11.0. The van der Waals surface area contributed by atoms with E-state index in [4.69, 9.17) is 4.42 Å². The summed E-state index contributed by atoms with van der Waals surface area (Å²) in [4.78, 5) is 26.8. The standard InChI is InChI=1S/C18H13NO4/c1-19-14-8-4-3-7-12(14)18(22,17(19)21)13-10-23-15-9-5-2-6-11(15)16(13)20/h2-10,22H,1H3. The Balaban J connectivity index is 2.06. The molecule has 2 heterocycles. The highest BCUT2D eigenvalue weighted by Crippen LogP contribution is 2.42. The van der Waals surface area contributed by atoms with Crippen LogP contribution in [-0.4, -0.2) is 18.1 Å². The van der Waals surface area contributed by atoms with Gasteiger partial charge in [-0.15, -0.1) is 0 Å². The Hall–Kier alpha value is -2.92. The van der Waals surface area contributed by atoms with Crippen molar-refractivity contribution in [3.63, 3.8) is 0 Å². The van der Waals surface area contributed by atoms with Crippen LogP contribution in [-0.2, 0) is 10.4 Å². The molecular formula is C18H13NO4. The maximum absolute atomic E-state index is 12.8. The normalized spacial score (nSPS) is 20.1. The molecule has 1 unspecified atom stereocenters. The van der Waals surface area contributed by atoms with Gasteiger partial charge in [0, 0.05) is 12.6 Å². The Morgan fingerprint density at radius 3 is 2.52 bits per heavy atom. The van der Waals surface area contributed by atoms with Crippen LogP contribution in [0, 0.1) is 0 Å². The summed E-state index contributed by atoms with van der Waals surface area (Å²) >= 11 is 0. The van der Waals surface area contributed by atoms with E-state index >= 15 is 0 Å². The second-order valence-corrected chi connectivity index (χ2v) is 5.57. The van der Waals surface area contributed by atoms with Gasteiger partial charge in [-0.25, -0.2) is 0 Å². The molecule has 1 N–H and O–H groups in total. The molecule has 0 bridgehead atoms. The van der Waals surface area contributed by atoms with Crippen molar-refractivity contribution in [2.24, 2.45) is 0 Å². The summed E-state index contributed by atoms with van der Waals surface area (Å²) in [6.45, 7) is 0. The SMILES string of the molecule is CN1C(=O)C(O)(c2coc3ccccc3c2=O)c2ccccc21. The summed E-state index contributed by atoms with van der Waals surface area (Å²) in [5.41, 5.74) is -1.14. The molecule has 114 valence electrons. The number of para-hydroxylation sites is 2. The lowest BCUT2D eigenvalue weighted by atomic mass is 9.88. The predicted octanol–water partition coefficient (Wildman–Crippen LogP) is 2.01. The van der Waals surface area contributed by atoms with E-state index in [1.807, 2.05) is 0 Å². The van der Waals surface area contributed by atoms with E-state index in [2.05, 4.69) is 0 Å². The lowest BCUT2D eigenvalue weighted by Gasteiger charge is -2.21. The minimum Gasteiger partial charge on any atom is -0.464 e. The molecule has 0 radical (unpaired) electrons. The Kier molecular flexibility index (Phi) is 2.71. The molecule has 1 aliphatic rings. The third kappa shape index (κ3) is 1.65. The highest BCUT2D eigenvalue weighted by molar-refractivity contribution is 6.08. The fraction of sp³-hybridized carbons (Fsp3) is 0.111. The van der Waals surface area contributed by atoms with Crippen LogP contribution in [0.4, 0.5) is 5.69 Å². The molecule has 5 heteroatoms. The van der Waals surface area contributed by atoms with E-state index < -0.39 is 16.9 Å². The van der Waals surface area contributed by atoms with Gasteiger partial charge in [-0.3, -0.25) is 9.59 Å². The van der Waals surface area contributed by atoms with Crippen molar-refractivity contribution in [1.82, 2.24) is 0 Å². The molecule has 0 spiro atoms. The predicted molar refractivity (Wildman–Crippen MR) is 85.3 cm³/mol. The van der Waals surface area contributed by atoms with Crippen molar-refractivity contribution in [3.05, 3.63) is 76.1 Å². The number of fused-ring (bicyclic) bond motifs is 2. The van der Waals surface area contributed by atoms with Gasteiger partial charge in [0.1, 0.15) is 11.8 Å². The van der Waals surface area contributed by atoms with Crippen LogP contribution in [0.3, 0.4) is 0 Å². The lowest BCUT2D eigenvalue weighted by Crippen LogP contribution is -2.42. The van der Waals surface area contributed by atoms with Gasteiger partial charge in [-0.1, -0.05) is 30.3 Å². The number of aliphatic hydroxyl groups is 1. The van der Waals surface area contributed by atoms with E-state index in [-0.39, 0.29) is 5.56 Å². The van der Waals surface area contributed by atoms with Gasteiger partial charge in [0.15, 0.2) is 5.43 Å². The average molecular weight is 307 g/mol. The molecule has 5 nitrogen and oxygen atoms in total. The third-order valence-electron chi connectivity index (χ3n) is 4.34. The number of benzene rings is 2. The maximum Gasteiger partial charge on any atom is 0.268 e. The van der Waals surface area contributed by atoms with E-state index in [0.717, 1.165) is 0 Å². The minimum absolute atomic E-state index is 0.0713.